The molecule has 1 unspecified atom stereocenters. The van der Waals surface area contributed by atoms with Crippen LogP contribution in [0.15, 0.2) is 16.8 Å². The summed E-state index contributed by atoms with van der Waals surface area (Å²) < 4.78 is 0. The Kier molecular flexibility index (Phi) is 4.68. The summed E-state index contributed by atoms with van der Waals surface area (Å²) in [7, 11) is 0. The Labute approximate surface area is 117 Å². The Hall–Kier alpha value is -1.69. The minimum atomic E-state index is 0.264. The molecule has 0 spiro atoms. The van der Waals surface area contributed by atoms with Crippen molar-refractivity contribution in [2.24, 2.45) is 0 Å². The van der Waals surface area contributed by atoms with Gasteiger partial charge < -0.3 is 11.1 Å². The van der Waals surface area contributed by atoms with E-state index in [9.17, 15) is 0 Å². The first-order valence-electron chi connectivity index (χ1n) is 6.39. The summed E-state index contributed by atoms with van der Waals surface area (Å²) in [4.78, 5) is 12.3. The molecule has 102 valence electrons. The molecule has 0 aliphatic rings. The normalized spacial score (nSPS) is 12.3. The first-order valence-corrected chi connectivity index (χ1v) is 7.33. The number of hydrogen-bond acceptors (Lipinski definition) is 6. The van der Waals surface area contributed by atoms with Gasteiger partial charge in [-0.05, 0) is 55.5 Å². The van der Waals surface area contributed by atoms with Gasteiger partial charge in [-0.3, -0.25) is 0 Å². The topological polar surface area (TPSA) is 76.7 Å². The van der Waals surface area contributed by atoms with Crippen LogP contribution in [-0.4, -0.2) is 21.0 Å². The van der Waals surface area contributed by atoms with Gasteiger partial charge in [0.05, 0.1) is 0 Å². The van der Waals surface area contributed by atoms with Crippen LogP contribution in [-0.2, 0) is 6.42 Å². The Balaban J connectivity index is 1.78. The van der Waals surface area contributed by atoms with Gasteiger partial charge in [-0.25, -0.2) is 0 Å². The van der Waals surface area contributed by atoms with Gasteiger partial charge in [0.15, 0.2) is 0 Å². The summed E-state index contributed by atoms with van der Waals surface area (Å²) in [6.07, 6.45) is 3.33. The number of aromatic nitrogens is 3. The molecule has 2 heterocycles. The maximum absolute atomic E-state index is 5.60. The number of nitrogens with two attached hydrogens (primary N) is 1. The van der Waals surface area contributed by atoms with Gasteiger partial charge in [0.2, 0.25) is 11.9 Å². The van der Waals surface area contributed by atoms with Gasteiger partial charge in [-0.2, -0.15) is 26.3 Å². The van der Waals surface area contributed by atoms with Crippen LogP contribution in [0.3, 0.4) is 0 Å². The molecule has 0 saturated heterocycles. The molecule has 1 atom stereocenters. The molecule has 0 saturated carbocycles. The number of thiophene rings is 1. The highest BCUT2D eigenvalue weighted by atomic mass is 32.1. The Morgan fingerprint density at radius 1 is 1.37 bits per heavy atom. The zero-order chi connectivity index (χ0) is 13.7. The number of nitrogens with one attached hydrogen (secondary N) is 1. The molecular formula is C13H19N5S. The summed E-state index contributed by atoms with van der Waals surface area (Å²) in [6.45, 7) is 3.94. The number of aryl methyl sites for hydroxylation is 2. The number of hydrogen-bond donors (Lipinski definition) is 2. The molecule has 19 heavy (non-hydrogen) atoms. The average molecular weight is 277 g/mol. The lowest BCUT2D eigenvalue weighted by molar-refractivity contribution is 0.650. The first kappa shape index (κ1) is 13.7. The Bertz CT molecular complexity index is 492. The van der Waals surface area contributed by atoms with Gasteiger partial charge in [-0.15, -0.1) is 0 Å². The average Bonchev–Trinajstić information content (AvgIpc) is 2.80. The minimum absolute atomic E-state index is 0.264. The zero-order valence-electron chi connectivity index (χ0n) is 11.3. The van der Waals surface area contributed by atoms with E-state index in [1.807, 2.05) is 6.92 Å². The third kappa shape index (κ3) is 4.48. The summed E-state index contributed by atoms with van der Waals surface area (Å²) >= 11 is 1.75. The van der Waals surface area contributed by atoms with E-state index in [1.54, 1.807) is 11.3 Å². The molecule has 0 fully saturated rings. The van der Waals surface area contributed by atoms with Crippen LogP contribution in [0.4, 0.5) is 11.9 Å². The van der Waals surface area contributed by atoms with Gasteiger partial charge >= 0.3 is 0 Å². The van der Waals surface area contributed by atoms with Crippen molar-refractivity contribution >= 4 is 23.2 Å². The van der Waals surface area contributed by atoms with Crippen LogP contribution in [0, 0.1) is 6.92 Å². The van der Waals surface area contributed by atoms with E-state index in [2.05, 4.69) is 44.0 Å². The van der Waals surface area contributed by atoms with Crippen molar-refractivity contribution in [3.63, 3.8) is 0 Å². The van der Waals surface area contributed by atoms with Crippen LogP contribution in [0.25, 0.3) is 0 Å². The molecule has 0 aliphatic carbocycles. The lowest BCUT2D eigenvalue weighted by atomic mass is 10.1. The number of nitrogen functional groups attached to an aromatic ring is 1. The quantitative estimate of drug-likeness (QED) is 0.849. The molecular weight excluding hydrogens is 258 g/mol. The highest BCUT2D eigenvalue weighted by Gasteiger charge is 2.06. The molecule has 2 aromatic rings. The Morgan fingerprint density at radius 2 is 2.21 bits per heavy atom. The second-order valence-electron chi connectivity index (χ2n) is 4.63. The lowest BCUT2D eigenvalue weighted by Crippen LogP contribution is -2.18. The molecule has 6 heteroatoms. The molecule has 0 amide bonds. The fourth-order valence-electron chi connectivity index (χ4n) is 1.91. The maximum Gasteiger partial charge on any atom is 0.227 e. The molecule has 0 bridgehead atoms. The predicted molar refractivity (Wildman–Crippen MR) is 79.3 cm³/mol. The van der Waals surface area contributed by atoms with E-state index >= 15 is 0 Å². The minimum Gasteiger partial charge on any atom is -0.368 e. The maximum atomic E-state index is 5.60. The predicted octanol–water partition coefficient (Wildman–Crippen LogP) is 2.65. The van der Waals surface area contributed by atoms with E-state index in [1.165, 1.54) is 5.56 Å². The fraction of sp³-hybridized carbons (Fsp3) is 0.462. The smallest absolute Gasteiger partial charge is 0.227 e. The highest BCUT2D eigenvalue weighted by molar-refractivity contribution is 7.07. The van der Waals surface area contributed by atoms with Crippen molar-refractivity contribution in [1.82, 2.24) is 15.0 Å². The zero-order valence-corrected chi connectivity index (χ0v) is 12.1. The van der Waals surface area contributed by atoms with Crippen LogP contribution in [0.2, 0.25) is 0 Å². The highest BCUT2D eigenvalue weighted by Crippen LogP contribution is 2.12. The van der Waals surface area contributed by atoms with E-state index in [0.29, 0.717) is 17.8 Å². The summed E-state index contributed by atoms with van der Waals surface area (Å²) in [6, 6.07) is 2.50. The molecule has 2 rings (SSSR count). The fourth-order valence-corrected chi connectivity index (χ4v) is 2.61. The monoisotopic (exact) mass is 277 g/mol. The second kappa shape index (κ2) is 6.47. The number of anilines is 2. The standard InChI is InChI=1S/C13H19N5S/c1-9(4-3-5-11-6-7-19-8-11)15-13-17-10(2)16-12(14)18-13/h6-9H,3-5H2,1-2H3,(H3,14,15,16,17,18). The molecule has 0 aromatic carbocycles. The van der Waals surface area contributed by atoms with E-state index in [-0.39, 0.29) is 5.95 Å². The summed E-state index contributed by atoms with van der Waals surface area (Å²) in [5.74, 6) is 1.47. The van der Waals surface area contributed by atoms with Crippen LogP contribution < -0.4 is 11.1 Å². The van der Waals surface area contributed by atoms with E-state index in [4.69, 9.17) is 5.73 Å². The SMILES string of the molecule is Cc1nc(N)nc(NC(C)CCCc2ccsc2)n1. The molecule has 0 radical (unpaired) electrons. The van der Waals surface area contributed by atoms with Crippen molar-refractivity contribution in [1.29, 1.82) is 0 Å². The first-order chi connectivity index (χ1) is 9.13. The molecule has 0 aliphatic heterocycles. The largest absolute Gasteiger partial charge is 0.368 e. The number of rotatable bonds is 6. The second-order valence-corrected chi connectivity index (χ2v) is 5.41. The van der Waals surface area contributed by atoms with Crippen LogP contribution >= 0.6 is 11.3 Å². The van der Waals surface area contributed by atoms with E-state index < -0.39 is 0 Å². The molecule has 3 N–H and O–H groups in total. The van der Waals surface area contributed by atoms with Crippen molar-refractivity contribution in [2.75, 3.05) is 11.1 Å². The van der Waals surface area contributed by atoms with Crippen molar-refractivity contribution in [3.05, 3.63) is 28.2 Å². The summed E-state index contributed by atoms with van der Waals surface area (Å²) in [5.41, 5.74) is 7.01. The number of nitrogens with zero attached hydrogens (tertiary/aromatic N) is 3. The van der Waals surface area contributed by atoms with Crippen molar-refractivity contribution in [3.8, 4) is 0 Å². The van der Waals surface area contributed by atoms with Gasteiger partial charge in [0.25, 0.3) is 0 Å². The van der Waals surface area contributed by atoms with Gasteiger partial charge in [0.1, 0.15) is 5.82 Å². The van der Waals surface area contributed by atoms with Crippen molar-refractivity contribution in [2.45, 2.75) is 39.2 Å². The van der Waals surface area contributed by atoms with Crippen molar-refractivity contribution < 1.29 is 0 Å². The van der Waals surface area contributed by atoms with Crippen LogP contribution in [0.5, 0.6) is 0 Å². The molecule has 2 aromatic heterocycles. The third-order valence-electron chi connectivity index (χ3n) is 2.82. The van der Waals surface area contributed by atoms with Gasteiger partial charge in [0, 0.05) is 6.04 Å². The Morgan fingerprint density at radius 3 is 2.89 bits per heavy atom. The summed E-state index contributed by atoms with van der Waals surface area (Å²) in [5, 5.41) is 7.58. The van der Waals surface area contributed by atoms with E-state index in [0.717, 1.165) is 19.3 Å². The van der Waals surface area contributed by atoms with Crippen LogP contribution in [0.1, 0.15) is 31.2 Å². The lowest BCUT2D eigenvalue weighted by Gasteiger charge is -2.13. The molecule has 5 nitrogen and oxygen atoms in total. The van der Waals surface area contributed by atoms with Gasteiger partial charge in [-0.1, -0.05) is 0 Å². The third-order valence-corrected chi connectivity index (χ3v) is 3.55.